The van der Waals surface area contributed by atoms with Gasteiger partial charge in [-0.2, -0.15) is 4.98 Å². The fourth-order valence-electron chi connectivity index (χ4n) is 2.75. The van der Waals surface area contributed by atoms with Crippen molar-refractivity contribution < 1.29 is 18.8 Å². The second-order valence-electron chi connectivity index (χ2n) is 5.94. The van der Waals surface area contributed by atoms with Crippen LogP contribution in [0.3, 0.4) is 0 Å². The van der Waals surface area contributed by atoms with Crippen LogP contribution in [0.4, 0.5) is 9.52 Å². The Morgan fingerprint density at radius 3 is 2.85 bits per heavy atom. The third-order valence-electron chi connectivity index (χ3n) is 4.11. The molecule has 0 atom stereocenters. The zero-order chi connectivity index (χ0) is 18.8. The molecule has 3 heterocycles. The van der Waals surface area contributed by atoms with Crippen LogP contribution in [0.1, 0.15) is 18.7 Å². The summed E-state index contributed by atoms with van der Waals surface area (Å²) < 4.78 is 24.7. The average Bonchev–Trinajstić information content (AvgIpc) is 3.33. The minimum absolute atomic E-state index is 0.0553. The van der Waals surface area contributed by atoms with Crippen molar-refractivity contribution in [1.82, 2.24) is 20.3 Å². The molecule has 0 unspecified atom stereocenters. The molecule has 0 spiro atoms. The fraction of sp³-hybridized carbons (Fsp3) is 0.375. The van der Waals surface area contributed by atoms with Crippen LogP contribution in [-0.4, -0.2) is 44.6 Å². The number of aromatic nitrogens is 4. The summed E-state index contributed by atoms with van der Waals surface area (Å²) in [5.41, 5.74) is 0. The third kappa shape index (κ3) is 4.09. The van der Waals surface area contributed by atoms with Gasteiger partial charge < -0.3 is 19.3 Å². The highest BCUT2D eigenvalue weighted by atomic mass is 79.9. The molecule has 0 bridgehead atoms. The number of ether oxygens (including phenoxy) is 1. The second kappa shape index (κ2) is 7.87. The van der Waals surface area contributed by atoms with E-state index in [1.54, 1.807) is 6.07 Å². The van der Waals surface area contributed by atoms with E-state index in [-0.39, 0.29) is 24.4 Å². The molecular formula is C16H15BrFN5O3S. The van der Waals surface area contributed by atoms with Crippen LogP contribution in [0, 0.1) is 5.82 Å². The van der Waals surface area contributed by atoms with Crippen LogP contribution in [-0.2, 0) is 6.61 Å². The molecule has 3 aromatic rings. The summed E-state index contributed by atoms with van der Waals surface area (Å²) >= 11 is 4.70. The molecule has 11 heteroatoms. The van der Waals surface area contributed by atoms with E-state index >= 15 is 0 Å². The SMILES string of the molecule is OCc1nc(-c2nnc(N3CCC(Oc4ccc(F)cc4Br)CC3)s2)no1. The molecule has 1 fully saturated rings. The van der Waals surface area contributed by atoms with Crippen LogP contribution in [0.25, 0.3) is 10.8 Å². The summed E-state index contributed by atoms with van der Waals surface area (Å²) in [6.45, 7) is 1.23. The molecule has 0 saturated carbocycles. The van der Waals surface area contributed by atoms with E-state index in [4.69, 9.17) is 14.4 Å². The number of hydrogen-bond acceptors (Lipinski definition) is 9. The van der Waals surface area contributed by atoms with Gasteiger partial charge in [0, 0.05) is 25.9 Å². The monoisotopic (exact) mass is 455 g/mol. The zero-order valence-corrected chi connectivity index (χ0v) is 16.4. The van der Waals surface area contributed by atoms with Crippen molar-refractivity contribution in [2.45, 2.75) is 25.6 Å². The van der Waals surface area contributed by atoms with Crippen molar-refractivity contribution in [3.63, 3.8) is 0 Å². The molecule has 142 valence electrons. The average molecular weight is 456 g/mol. The summed E-state index contributed by atoms with van der Waals surface area (Å²) in [7, 11) is 0. The van der Waals surface area contributed by atoms with Crippen LogP contribution in [0.2, 0.25) is 0 Å². The molecule has 1 aliphatic heterocycles. The lowest BCUT2D eigenvalue weighted by molar-refractivity contribution is 0.169. The third-order valence-corrected chi connectivity index (χ3v) is 5.71. The van der Waals surface area contributed by atoms with E-state index in [1.807, 2.05) is 0 Å². The predicted molar refractivity (Wildman–Crippen MR) is 99.1 cm³/mol. The number of halogens is 2. The van der Waals surface area contributed by atoms with E-state index in [2.05, 4.69) is 41.2 Å². The molecule has 1 aromatic carbocycles. The standard InChI is InChI=1S/C16H15BrFN5O3S/c17-11-7-9(18)1-2-12(11)25-10-3-5-23(6-4-10)16-21-20-15(27-16)14-19-13(8-24)26-22-14/h1-2,7,10,24H,3-6,8H2. The molecular weight excluding hydrogens is 441 g/mol. The van der Waals surface area contributed by atoms with Gasteiger partial charge in [-0.3, -0.25) is 0 Å². The van der Waals surface area contributed by atoms with Crippen molar-refractivity contribution in [3.05, 3.63) is 34.4 Å². The van der Waals surface area contributed by atoms with Crippen molar-refractivity contribution >= 4 is 32.4 Å². The van der Waals surface area contributed by atoms with Crippen molar-refractivity contribution in [2.75, 3.05) is 18.0 Å². The predicted octanol–water partition coefficient (Wildman–Crippen LogP) is 3.03. The topological polar surface area (TPSA) is 97.4 Å². The Labute approximate surface area is 166 Å². The summed E-state index contributed by atoms with van der Waals surface area (Å²) in [4.78, 5) is 6.17. The van der Waals surface area contributed by atoms with E-state index in [0.717, 1.165) is 31.1 Å². The first kappa shape index (κ1) is 18.3. The van der Waals surface area contributed by atoms with E-state index < -0.39 is 0 Å². The molecule has 8 nitrogen and oxygen atoms in total. The Morgan fingerprint density at radius 2 is 2.15 bits per heavy atom. The number of anilines is 1. The number of aliphatic hydroxyl groups is 1. The first-order chi connectivity index (χ1) is 13.1. The van der Waals surface area contributed by atoms with Crippen LogP contribution in [0.5, 0.6) is 5.75 Å². The minimum atomic E-state index is -0.309. The maximum Gasteiger partial charge on any atom is 0.252 e. The van der Waals surface area contributed by atoms with Gasteiger partial charge in [0.25, 0.3) is 5.89 Å². The molecule has 2 aromatic heterocycles. The Balaban J connectivity index is 1.36. The molecule has 4 rings (SSSR count). The Kier molecular flexibility index (Phi) is 5.32. The highest BCUT2D eigenvalue weighted by Crippen LogP contribution is 2.31. The van der Waals surface area contributed by atoms with Gasteiger partial charge in [0.05, 0.1) is 4.47 Å². The molecule has 27 heavy (non-hydrogen) atoms. The van der Waals surface area contributed by atoms with E-state index in [0.29, 0.717) is 21.1 Å². The molecule has 0 amide bonds. The highest BCUT2D eigenvalue weighted by molar-refractivity contribution is 9.10. The Morgan fingerprint density at radius 1 is 1.33 bits per heavy atom. The highest BCUT2D eigenvalue weighted by Gasteiger charge is 2.24. The lowest BCUT2D eigenvalue weighted by Gasteiger charge is -2.31. The molecule has 0 radical (unpaired) electrons. The van der Waals surface area contributed by atoms with Gasteiger partial charge in [-0.1, -0.05) is 16.5 Å². The molecule has 0 aliphatic carbocycles. The van der Waals surface area contributed by atoms with Gasteiger partial charge in [0.2, 0.25) is 11.0 Å². The number of hydrogen-bond donors (Lipinski definition) is 1. The Bertz CT molecular complexity index is 928. The maximum atomic E-state index is 13.2. The van der Waals surface area contributed by atoms with Gasteiger partial charge in [-0.05, 0) is 34.1 Å². The normalized spacial score (nSPS) is 15.3. The number of piperidine rings is 1. The second-order valence-corrected chi connectivity index (χ2v) is 7.75. The largest absolute Gasteiger partial charge is 0.489 e. The maximum absolute atomic E-state index is 13.2. The number of nitrogens with zero attached hydrogens (tertiary/aromatic N) is 5. The summed E-state index contributed by atoms with van der Waals surface area (Å²) in [5, 5.41) is 22.4. The number of benzene rings is 1. The summed E-state index contributed by atoms with van der Waals surface area (Å²) in [6.07, 6.45) is 1.69. The molecule has 1 aliphatic rings. The summed E-state index contributed by atoms with van der Waals surface area (Å²) in [5.74, 6) is 0.808. The van der Waals surface area contributed by atoms with Gasteiger partial charge in [0.1, 0.15) is 24.3 Å². The first-order valence-electron chi connectivity index (χ1n) is 8.26. The van der Waals surface area contributed by atoms with Gasteiger partial charge in [0.15, 0.2) is 5.01 Å². The fourth-order valence-corrected chi connectivity index (χ4v) is 4.02. The number of rotatable bonds is 5. The van der Waals surface area contributed by atoms with Crippen LogP contribution >= 0.6 is 27.3 Å². The van der Waals surface area contributed by atoms with Crippen molar-refractivity contribution in [2.24, 2.45) is 0 Å². The molecule has 1 saturated heterocycles. The minimum Gasteiger partial charge on any atom is -0.489 e. The van der Waals surface area contributed by atoms with Gasteiger partial charge in [-0.15, -0.1) is 10.2 Å². The Hall–Kier alpha value is -2.11. The van der Waals surface area contributed by atoms with Crippen LogP contribution < -0.4 is 9.64 Å². The quantitative estimate of drug-likeness (QED) is 0.626. The smallest absolute Gasteiger partial charge is 0.252 e. The molecule has 1 N–H and O–H groups in total. The lowest BCUT2D eigenvalue weighted by atomic mass is 10.1. The zero-order valence-electron chi connectivity index (χ0n) is 14.0. The van der Waals surface area contributed by atoms with Gasteiger partial charge >= 0.3 is 0 Å². The van der Waals surface area contributed by atoms with E-state index in [9.17, 15) is 4.39 Å². The van der Waals surface area contributed by atoms with Crippen molar-refractivity contribution in [1.29, 1.82) is 0 Å². The van der Waals surface area contributed by atoms with Crippen molar-refractivity contribution in [3.8, 4) is 16.6 Å². The lowest BCUT2D eigenvalue weighted by Crippen LogP contribution is -2.38. The van der Waals surface area contributed by atoms with Gasteiger partial charge in [-0.25, -0.2) is 4.39 Å². The first-order valence-corrected chi connectivity index (χ1v) is 9.87. The number of aliphatic hydroxyl groups excluding tert-OH is 1. The summed E-state index contributed by atoms with van der Waals surface area (Å²) in [6, 6.07) is 4.42. The van der Waals surface area contributed by atoms with Crippen LogP contribution in [0.15, 0.2) is 27.2 Å². The van der Waals surface area contributed by atoms with E-state index in [1.165, 1.54) is 23.5 Å².